The van der Waals surface area contributed by atoms with Crippen LogP contribution < -0.4 is 14.2 Å². The van der Waals surface area contributed by atoms with E-state index < -0.39 is 33.6 Å². The van der Waals surface area contributed by atoms with Crippen LogP contribution in [0.15, 0.2) is 46.7 Å². The van der Waals surface area contributed by atoms with Crippen molar-refractivity contribution >= 4 is 38.6 Å². The molecule has 4 rings (SSSR count). The third-order valence-corrected chi connectivity index (χ3v) is 9.22. The first kappa shape index (κ1) is 26.6. The first-order valence-electron chi connectivity index (χ1n) is 10.9. The number of ether oxygens (including phenoxy) is 2. The fourth-order valence-electron chi connectivity index (χ4n) is 3.98. The smallest absolute Gasteiger partial charge is 0.419 e. The zero-order chi connectivity index (χ0) is 26.3. The summed E-state index contributed by atoms with van der Waals surface area (Å²) in [6.45, 7) is 3.04. The van der Waals surface area contributed by atoms with Gasteiger partial charge in [0.15, 0.2) is 0 Å². The number of thiophene rings is 1. The molecule has 0 saturated carbocycles. The van der Waals surface area contributed by atoms with Gasteiger partial charge in [0.25, 0.3) is 10.0 Å². The Morgan fingerprint density at radius 1 is 1.17 bits per heavy atom. The van der Waals surface area contributed by atoms with Gasteiger partial charge >= 0.3 is 6.18 Å². The van der Waals surface area contributed by atoms with E-state index in [1.165, 1.54) is 6.07 Å². The number of benzene rings is 2. The molecule has 1 fully saturated rings. The Bertz CT molecular complexity index is 1380. The Balaban J connectivity index is 1.63. The average molecular weight is 561 g/mol. The van der Waals surface area contributed by atoms with E-state index in [1.54, 1.807) is 19.2 Å². The monoisotopic (exact) mass is 560 g/mol. The predicted molar refractivity (Wildman–Crippen MR) is 135 cm³/mol. The molecule has 1 atom stereocenters. The molecule has 1 saturated heterocycles. The lowest BCUT2D eigenvalue weighted by atomic mass is 10.1. The van der Waals surface area contributed by atoms with Crippen molar-refractivity contribution in [3.63, 3.8) is 0 Å². The highest BCUT2D eigenvalue weighted by Crippen LogP contribution is 2.42. The molecule has 0 bridgehead atoms. The van der Waals surface area contributed by atoms with Crippen LogP contribution >= 0.6 is 22.9 Å². The molecule has 2 heterocycles. The van der Waals surface area contributed by atoms with E-state index in [2.05, 4.69) is 4.72 Å². The molecule has 0 aliphatic carbocycles. The van der Waals surface area contributed by atoms with Crippen LogP contribution in [-0.4, -0.2) is 46.7 Å². The van der Waals surface area contributed by atoms with E-state index in [0.717, 1.165) is 40.7 Å². The van der Waals surface area contributed by atoms with Crippen LogP contribution in [-0.2, 0) is 16.2 Å². The second-order valence-electron chi connectivity index (χ2n) is 8.53. The molecule has 1 aliphatic rings. The number of hydrogen-bond donors (Lipinski definition) is 1. The van der Waals surface area contributed by atoms with E-state index in [9.17, 15) is 21.6 Å². The minimum absolute atomic E-state index is 0.0453. The van der Waals surface area contributed by atoms with E-state index in [-0.39, 0.29) is 14.9 Å². The van der Waals surface area contributed by atoms with E-state index in [1.807, 2.05) is 24.9 Å². The molecule has 0 spiro atoms. The molecule has 36 heavy (non-hydrogen) atoms. The lowest BCUT2D eigenvalue weighted by Gasteiger charge is -2.19. The summed E-state index contributed by atoms with van der Waals surface area (Å²) in [7, 11) is -0.733. The van der Waals surface area contributed by atoms with Gasteiger partial charge in [0.1, 0.15) is 21.8 Å². The Kier molecular flexibility index (Phi) is 7.47. The molecule has 3 aromatic rings. The van der Waals surface area contributed by atoms with Gasteiger partial charge in [-0.1, -0.05) is 11.6 Å². The van der Waals surface area contributed by atoms with Crippen molar-refractivity contribution in [1.29, 1.82) is 0 Å². The highest BCUT2D eigenvalue weighted by atomic mass is 35.5. The summed E-state index contributed by atoms with van der Waals surface area (Å²) in [4.78, 5) is 2.51. The number of rotatable bonds is 7. The van der Waals surface area contributed by atoms with Crippen molar-refractivity contribution in [2.24, 2.45) is 0 Å². The van der Waals surface area contributed by atoms with Crippen molar-refractivity contribution < 1.29 is 31.1 Å². The molecule has 6 nitrogen and oxygen atoms in total. The maximum Gasteiger partial charge on any atom is 0.419 e. The number of aryl methyl sites for hydroxylation is 1. The normalized spacial score (nSPS) is 16.8. The number of halogens is 4. The Morgan fingerprint density at radius 3 is 2.53 bits per heavy atom. The van der Waals surface area contributed by atoms with Gasteiger partial charge in [-0.05, 0) is 67.9 Å². The summed E-state index contributed by atoms with van der Waals surface area (Å²) in [5, 5.41) is 0.246. The Morgan fingerprint density at radius 2 is 1.92 bits per heavy atom. The first-order valence-corrected chi connectivity index (χ1v) is 13.6. The maximum absolute atomic E-state index is 13.6. The van der Waals surface area contributed by atoms with Gasteiger partial charge < -0.3 is 14.4 Å². The Labute approximate surface area is 216 Å². The van der Waals surface area contributed by atoms with Crippen molar-refractivity contribution in [3.05, 3.63) is 58.6 Å². The zero-order valence-corrected chi connectivity index (χ0v) is 22.0. The number of likely N-dealkylation sites (N-methyl/N-ethyl adjacent to an activating group) is 1. The summed E-state index contributed by atoms with van der Waals surface area (Å²) in [6, 6.07) is 9.62. The SMILES string of the molecule is COc1ccc(-c2sc(S(=O)(=O)Nc3ccc(C(F)(F)F)c(O[C@@H]4CCN(C)C4)c3)cc2Cl)c(C)c1. The van der Waals surface area contributed by atoms with Gasteiger partial charge in [-0.15, -0.1) is 11.3 Å². The standard InChI is InChI=1S/C24H24ClF3N2O4S2/c1-14-10-16(33-3)5-6-18(14)23-20(25)12-22(35-23)36(31,32)29-15-4-7-19(24(26,27)28)21(11-15)34-17-8-9-30(2)13-17/h4-7,10-12,17,29H,8-9,13H2,1-3H3/t17-/m1/s1. The average Bonchev–Trinajstić information content (AvgIpc) is 3.38. The van der Waals surface area contributed by atoms with Crippen LogP contribution in [0.3, 0.4) is 0 Å². The van der Waals surface area contributed by atoms with Crippen molar-refractivity contribution in [3.8, 4) is 21.9 Å². The molecular formula is C24H24ClF3N2O4S2. The summed E-state index contributed by atoms with van der Waals surface area (Å²) in [5.41, 5.74) is 0.587. The first-order chi connectivity index (χ1) is 16.9. The van der Waals surface area contributed by atoms with Gasteiger partial charge in [-0.3, -0.25) is 4.72 Å². The lowest BCUT2D eigenvalue weighted by Crippen LogP contribution is -2.23. The molecule has 12 heteroatoms. The third-order valence-electron chi connectivity index (χ3n) is 5.79. The van der Waals surface area contributed by atoms with E-state index in [0.29, 0.717) is 30.1 Å². The minimum atomic E-state index is -4.65. The summed E-state index contributed by atoms with van der Waals surface area (Å²) < 4.78 is 80.1. The van der Waals surface area contributed by atoms with E-state index >= 15 is 0 Å². The predicted octanol–water partition coefficient (Wildman–Crippen LogP) is 6.29. The topological polar surface area (TPSA) is 67.9 Å². The molecule has 1 N–H and O–H groups in total. The van der Waals surface area contributed by atoms with E-state index in [4.69, 9.17) is 21.1 Å². The van der Waals surface area contributed by atoms with Gasteiger partial charge in [-0.25, -0.2) is 8.42 Å². The molecule has 2 aromatic carbocycles. The molecule has 0 unspecified atom stereocenters. The second-order valence-corrected chi connectivity index (χ2v) is 11.9. The van der Waals surface area contributed by atoms with Crippen LogP contribution in [0.1, 0.15) is 17.5 Å². The Hall–Kier alpha value is -2.47. The van der Waals surface area contributed by atoms with Crippen LogP contribution in [0, 0.1) is 6.92 Å². The fraction of sp³-hybridized carbons (Fsp3) is 0.333. The maximum atomic E-state index is 13.6. The number of nitrogens with zero attached hydrogens (tertiary/aromatic N) is 1. The summed E-state index contributed by atoms with van der Waals surface area (Å²) in [6.07, 6.45) is -4.50. The third kappa shape index (κ3) is 5.74. The van der Waals surface area contributed by atoms with Gasteiger partial charge in [-0.2, -0.15) is 13.2 Å². The highest BCUT2D eigenvalue weighted by molar-refractivity contribution is 7.94. The van der Waals surface area contributed by atoms with Crippen molar-refractivity contribution in [2.75, 3.05) is 32.0 Å². The van der Waals surface area contributed by atoms with Gasteiger partial charge in [0, 0.05) is 19.2 Å². The number of likely N-dealkylation sites (tertiary alicyclic amines) is 1. The molecular weight excluding hydrogens is 537 g/mol. The zero-order valence-electron chi connectivity index (χ0n) is 19.6. The van der Waals surface area contributed by atoms with Crippen molar-refractivity contribution in [1.82, 2.24) is 4.90 Å². The highest BCUT2D eigenvalue weighted by Gasteiger charge is 2.36. The van der Waals surface area contributed by atoms with Crippen LogP contribution in [0.5, 0.6) is 11.5 Å². The number of methoxy groups -OCH3 is 1. The minimum Gasteiger partial charge on any atom is -0.497 e. The molecule has 1 aromatic heterocycles. The van der Waals surface area contributed by atoms with Crippen LogP contribution in [0.25, 0.3) is 10.4 Å². The number of anilines is 1. The molecule has 0 radical (unpaired) electrons. The largest absolute Gasteiger partial charge is 0.497 e. The summed E-state index contributed by atoms with van der Waals surface area (Å²) in [5.74, 6) is 0.241. The molecule has 0 amide bonds. The molecule has 194 valence electrons. The fourth-order valence-corrected chi connectivity index (χ4v) is 6.93. The van der Waals surface area contributed by atoms with Gasteiger partial charge in [0.2, 0.25) is 0 Å². The quantitative estimate of drug-likeness (QED) is 0.368. The second kappa shape index (κ2) is 10.1. The number of nitrogens with one attached hydrogen (secondary N) is 1. The number of hydrogen-bond acceptors (Lipinski definition) is 6. The lowest BCUT2D eigenvalue weighted by molar-refractivity contribution is -0.139. The number of alkyl halides is 3. The van der Waals surface area contributed by atoms with Crippen molar-refractivity contribution in [2.45, 2.75) is 29.8 Å². The number of sulfonamides is 1. The van der Waals surface area contributed by atoms with Gasteiger partial charge in [0.05, 0.1) is 28.3 Å². The summed E-state index contributed by atoms with van der Waals surface area (Å²) >= 11 is 7.34. The van der Waals surface area contributed by atoms with Crippen LogP contribution in [0.4, 0.5) is 18.9 Å². The molecule has 1 aliphatic heterocycles. The van der Waals surface area contributed by atoms with Crippen LogP contribution in [0.2, 0.25) is 5.02 Å².